The Morgan fingerprint density at radius 3 is 1.96 bits per heavy atom. The number of carbonyl (C=O) groups excluding carboxylic acids is 2. The van der Waals surface area contributed by atoms with Gasteiger partial charge >= 0.3 is 0 Å². The van der Waals surface area contributed by atoms with Crippen LogP contribution in [0.25, 0.3) is 0 Å². The minimum atomic E-state index is 0. The summed E-state index contributed by atoms with van der Waals surface area (Å²) in [4.78, 5) is 25.3. The van der Waals surface area contributed by atoms with Crippen LogP contribution in [0.3, 0.4) is 0 Å². The van der Waals surface area contributed by atoms with E-state index in [0.29, 0.717) is 23.3 Å². The summed E-state index contributed by atoms with van der Waals surface area (Å²) in [7, 11) is 6.25. The molecule has 0 aliphatic heterocycles. The van der Waals surface area contributed by atoms with E-state index in [0.717, 1.165) is 34.0 Å². The van der Waals surface area contributed by atoms with Gasteiger partial charge in [-0.1, -0.05) is 50.4 Å². The third-order valence-electron chi connectivity index (χ3n) is 3.17. The molecule has 0 spiro atoms. The third kappa shape index (κ3) is 13.5. The number of hydrogen-bond acceptors (Lipinski definition) is 4. The van der Waals surface area contributed by atoms with Crippen molar-refractivity contribution in [3.63, 3.8) is 0 Å². The summed E-state index contributed by atoms with van der Waals surface area (Å²) in [6.07, 6.45) is 7.15. The average molecular weight is 633 g/mol. The van der Waals surface area contributed by atoms with E-state index >= 15 is 0 Å². The van der Waals surface area contributed by atoms with Crippen molar-refractivity contribution in [2.24, 2.45) is 0 Å². The van der Waals surface area contributed by atoms with E-state index in [1.807, 2.05) is 40.8 Å². The molecule has 0 heterocycles. The molecule has 0 saturated carbocycles. The van der Waals surface area contributed by atoms with Gasteiger partial charge in [0, 0.05) is 52.5 Å². The van der Waals surface area contributed by atoms with Gasteiger partial charge in [-0.05, 0) is 49.3 Å². The van der Waals surface area contributed by atoms with Crippen molar-refractivity contribution in [1.82, 2.24) is 10.2 Å². The first-order chi connectivity index (χ1) is 11.9. The van der Waals surface area contributed by atoms with E-state index in [4.69, 9.17) is 11.6 Å². The number of hydrogen-bond donors (Lipinski definition) is 2. The minimum Gasteiger partial charge on any atom is -0.363 e. The fourth-order valence-corrected chi connectivity index (χ4v) is 4.04. The van der Waals surface area contributed by atoms with Crippen molar-refractivity contribution in [1.29, 1.82) is 0 Å². The monoisotopic (exact) mass is 632 g/mol. The van der Waals surface area contributed by atoms with Crippen LogP contribution in [0.4, 0.5) is 0 Å². The summed E-state index contributed by atoms with van der Waals surface area (Å²) in [5.41, 5.74) is 3.56. The van der Waals surface area contributed by atoms with Gasteiger partial charge in [-0.25, -0.2) is 0 Å². The molecule has 11 heteroatoms. The molecule has 28 heavy (non-hydrogen) atoms. The topological polar surface area (TPSA) is 58.2 Å². The summed E-state index contributed by atoms with van der Waals surface area (Å²) in [5, 5.41) is 6.96. The molecule has 2 N–H and O–H groups in total. The zero-order valence-corrected chi connectivity index (χ0v) is 23.1. The molecule has 1 radical (unpaired) electrons. The van der Waals surface area contributed by atoms with Crippen LogP contribution in [0, 0.1) is 4.93 Å². The number of nitrogens with one attached hydrogen (secondary N) is 2. The van der Waals surface area contributed by atoms with Gasteiger partial charge in [0.05, 0.1) is 0 Å². The molecule has 0 aromatic carbocycles. The first-order valence-corrected chi connectivity index (χ1v) is 14.6. The molecule has 0 saturated heterocycles. The van der Waals surface area contributed by atoms with Crippen molar-refractivity contribution >= 4 is 80.5 Å². The molecule has 2 rings (SSSR count). The molecule has 0 aromatic heterocycles. The van der Waals surface area contributed by atoms with Crippen LogP contribution < -0.4 is 10.2 Å². The van der Waals surface area contributed by atoms with Crippen LogP contribution in [-0.4, -0.2) is 11.6 Å². The van der Waals surface area contributed by atoms with Crippen LogP contribution in [-0.2, 0) is 28.1 Å². The van der Waals surface area contributed by atoms with E-state index in [2.05, 4.69) is 33.0 Å². The number of rotatable bonds is 6. The van der Waals surface area contributed by atoms with Crippen LogP contribution in [0.15, 0.2) is 45.8 Å². The van der Waals surface area contributed by atoms with Gasteiger partial charge in [0.25, 0.3) is 0 Å². The Bertz CT molecular complexity index is 626. The number of carbonyl (C=O) groups is 2. The summed E-state index contributed by atoms with van der Waals surface area (Å²) >= 11 is 7.70. The number of Topliss-reactive ketones (excluding diaryl/α,β-unsaturated/α-hetero) is 2. The molecule has 0 bridgehead atoms. The Kier molecular flexibility index (Phi) is 28.0. The maximum atomic E-state index is 11.1. The van der Waals surface area contributed by atoms with Gasteiger partial charge in [-0.15, -0.1) is 0 Å². The van der Waals surface area contributed by atoms with E-state index in [1.54, 1.807) is 13.8 Å². The predicted molar refractivity (Wildman–Crippen MR) is 143 cm³/mol. The second kappa shape index (κ2) is 21.5. The van der Waals surface area contributed by atoms with Gasteiger partial charge < -0.3 is 32.8 Å². The molecule has 4 unspecified atom stereocenters. The fourth-order valence-electron chi connectivity index (χ4n) is 2.10. The summed E-state index contributed by atoms with van der Waals surface area (Å²) < 4.78 is 0. The molecule has 161 valence electrons. The van der Waals surface area contributed by atoms with Crippen molar-refractivity contribution in [2.75, 3.05) is 0 Å². The van der Waals surface area contributed by atoms with Crippen LogP contribution in [0.5, 0.6) is 0 Å². The third-order valence-corrected chi connectivity index (χ3v) is 5.10. The fraction of sp³-hybridized carbons (Fsp3) is 0.353. The van der Waals surface area contributed by atoms with Gasteiger partial charge in [-0.3, -0.25) is 14.5 Å². The number of halogens is 2. The van der Waals surface area contributed by atoms with Gasteiger partial charge in [0.15, 0.2) is 11.6 Å². The first kappa shape index (κ1) is 36.6. The van der Waals surface area contributed by atoms with Gasteiger partial charge in [0.1, 0.15) is 0 Å². The Morgan fingerprint density at radius 2 is 1.54 bits per heavy atom. The maximum Gasteiger partial charge on any atom is 0.158 e. The van der Waals surface area contributed by atoms with Gasteiger partial charge in [0.2, 0.25) is 0 Å². The molecule has 2 aliphatic carbocycles. The van der Waals surface area contributed by atoms with Crippen LogP contribution in [0.1, 0.15) is 41.5 Å². The average Bonchev–Trinajstić information content (AvgIpc) is 3.17. The zero-order valence-electron chi connectivity index (χ0n) is 14.5. The van der Waals surface area contributed by atoms with E-state index < -0.39 is 0 Å². The zero-order chi connectivity index (χ0) is 19.4. The number of ketones is 2. The van der Waals surface area contributed by atoms with E-state index in [-0.39, 0.29) is 45.0 Å². The molecular formula is C17H31ClIN2O2P4V-. The second-order valence-corrected chi connectivity index (χ2v) is 8.10. The molecule has 4 atom stereocenters. The normalized spacial score (nSPS) is 14.3. The second-order valence-electron chi connectivity index (χ2n) is 4.81. The van der Waals surface area contributed by atoms with E-state index in [1.165, 1.54) is 0 Å². The molecule has 4 nitrogen and oxygen atoms in total. The van der Waals surface area contributed by atoms with E-state index in [9.17, 15) is 9.59 Å². The van der Waals surface area contributed by atoms with Crippen molar-refractivity contribution in [2.45, 2.75) is 41.5 Å². The Labute approximate surface area is 209 Å². The quantitative estimate of drug-likeness (QED) is 0.198. The Morgan fingerprint density at radius 1 is 1.07 bits per heavy atom. The van der Waals surface area contributed by atoms with Crippen LogP contribution in [0.2, 0.25) is 0 Å². The van der Waals surface area contributed by atoms with Gasteiger partial charge in [-0.2, -0.15) is 0 Å². The Balaban J connectivity index is -0.000000172. The molecule has 0 amide bonds. The first-order valence-electron chi connectivity index (χ1n) is 7.11. The molecule has 2 aliphatic rings. The number of allylic oxidation sites excluding steroid dienone is 6. The summed E-state index contributed by atoms with van der Waals surface area (Å²) in [5.74, 6) is 0.258. The molecule has 0 aromatic rings. The SMILES string of the molecule is C.C.CC(=O)C1=C(NPP)C=C(Cl)C1.CC(=O)C1=C(NPP)C=CC1.[CH2-]I.[V]. The Hall–Kier alpha value is 1.22. The molecule has 0 fully saturated rings. The minimum absolute atomic E-state index is 0. The van der Waals surface area contributed by atoms with Crippen molar-refractivity contribution < 1.29 is 28.1 Å². The largest absolute Gasteiger partial charge is 0.363 e. The standard InChI is InChI=1S/C7H10ClNOP2.C7H11NOP2.CH2I.2CH4.V/c1-4(10)6-2-5(8)3-7(6)9-12-11;1-5(9)6-3-2-4-7(6)8-11-10;1-2;;;/h3,9,12H,2,11H2,1H3;2,4,8,11H,3,10H2,1H3;1H2;2*1H4;/q;;-1;;;. The van der Waals surface area contributed by atoms with Crippen molar-refractivity contribution in [3.05, 3.63) is 50.7 Å². The maximum absolute atomic E-state index is 11.1. The molecular weight excluding hydrogens is 601 g/mol. The predicted octanol–water partition coefficient (Wildman–Crippen LogP) is 6.57. The summed E-state index contributed by atoms with van der Waals surface area (Å²) in [6, 6.07) is 0. The smallest absolute Gasteiger partial charge is 0.158 e. The summed E-state index contributed by atoms with van der Waals surface area (Å²) in [6.45, 7) is 3.17. The van der Waals surface area contributed by atoms with Crippen molar-refractivity contribution in [3.8, 4) is 0 Å². The van der Waals surface area contributed by atoms with Crippen LogP contribution >= 0.6 is 68.9 Å².